The van der Waals surface area contributed by atoms with E-state index in [2.05, 4.69) is 10.1 Å². The van der Waals surface area contributed by atoms with E-state index < -0.39 is 11.9 Å². The Morgan fingerprint density at radius 3 is 2.81 bits per heavy atom. The van der Waals surface area contributed by atoms with Gasteiger partial charge in [0.15, 0.2) is 0 Å². The van der Waals surface area contributed by atoms with E-state index in [4.69, 9.17) is 5.73 Å². The number of alkyl halides is 3. The number of nitrogens with two attached hydrogens (primary N) is 1. The van der Waals surface area contributed by atoms with Crippen molar-refractivity contribution in [2.75, 3.05) is 0 Å². The Bertz CT molecular complexity index is 639. The number of fused-ring (bicyclic) bond motifs is 1. The van der Waals surface area contributed by atoms with Gasteiger partial charge in [0.2, 0.25) is 0 Å². The van der Waals surface area contributed by atoms with E-state index in [-0.39, 0.29) is 18.4 Å². The van der Waals surface area contributed by atoms with Crippen molar-refractivity contribution in [3.05, 3.63) is 41.5 Å². The molecule has 114 valence electrons. The van der Waals surface area contributed by atoms with Gasteiger partial charge in [0, 0.05) is 18.4 Å². The highest BCUT2D eigenvalue weighted by Gasteiger charge is 2.32. The number of rotatable bonds is 1. The van der Waals surface area contributed by atoms with Crippen LogP contribution in [0.4, 0.5) is 13.2 Å². The summed E-state index contributed by atoms with van der Waals surface area (Å²) in [6.07, 6.45) is 0.779. The van der Waals surface area contributed by atoms with Gasteiger partial charge < -0.3 is 5.73 Å². The Balaban J connectivity index is 0.00000161. The first-order chi connectivity index (χ1) is 9.43. The molecule has 1 aliphatic rings. The molecule has 4 nitrogen and oxygen atoms in total. The number of aryl methyl sites for hydroxylation is 1. The van der Waals surface area contributed by atoms with Crippen LogP contribution >= 0.6 is 12.4 Å². The third kappa shape index (κ3) is 3.19. The van der Waals surface area contributed by atoms with Gasteiger partial charge in [-0.1, -0.05) is 0 Å². The molecule has 2 heterocycles. The fraction of sp³-hybridized carbons (Fsp3) is 0.385. The van der Waals surface area contributed by atoms with Crippen LogP contribution in [0.5, 0.6) is 0 Å². The van der Waals surface area contributed by atoms with Crippen LogP contribution < -0.4 is 5.73 Å². The van der Waals surface area contributed by atoms with Crippen LogP contribution in [0.2, 0.25) is 0 Å². The molecule has 0 aromatic carbocycles. The minimum atomic E-state index is -4.45. The molecule has 8 heteroatoms. The number of hydrogen-bond donors (Lipinski definition) is 1. The lowest BCUT2D eigenvalue weighted by Crippen LogP contribution is -2.27. The maximum Gasteiger partial charge on any atom is 0.433 e. The van der Waals surface area contributed by atoms with Crippen molar-refractivity contribution in [1.82, 2.24) is 14.8 Å². The normalized spacial score (nSPS) is 18.0. The van der Waals surface area contributed by atoms with Crippen LogP contribution in [0.15, 0.2) is 24.5 Å². The lowest BCUT2D eigenvalue weighted by molar-refractivity contribution is -0.141. The van der Waals surface area contributed by atoms with E-state index in [0.717, 1.165) is 36.4 Å². The minimum absolute atomic E-state index is 0. The molecule has 21 heavy (non-hydrogen) atoms. The highest BCUT2D eigenvalue weighted by molar-refractivity contribution is 5.85. The highest BCUT2D eigenvalue weighted by Crippen LogP contribution is 2.29. The molecular weight excluding hydrogens is 305 g/mol. The third-order valence-electron chi connectivity index (χ3n) is 3.41. The van der Waals surface area contributed by atoms with Crippen molar-refractivity contribution in [3.63, 3.8) is 0 Å². The van der Waals surface area contributed by atoms with E-state index in [1.807, 2.05) is 0 Å². The lowest BCUT2D eigenvalue weighted by Gasteiger charge is -2.15. The fourth-order valence-corrected chi connectivity index (χ4v) is 2.38. The first kappa shape index (κ1) is 15.8. The van der Waals surface area contributed by atoms with Crippen LogP contribution in [0.1, 0.15) is 23.4 Å². The quantitative estimate of drug-likeness (QED) is 0.879. The summed E-state index contributed by atoms with van der Waals surface area (Å²) < 4.78 is 39.4. The standard InChI is InChI=1S/C13H13F3N4.ClH/c14-13(15,16)12-6-10(3-4-18-12)20-7-8-5-9(17)1-2-11(8)19-20;/h3-4,6-7,9H,1-2,5,17H2;1H. The Morgan fingerprint density at radius 2 is 2.10 bits per heavy atom. The van der Waals surface area contributed by atoms with Crippen LogP contribution in [0.25, 0.3) is 5.69 Å². The van der Waals surface area contributed by atoms with Crippen LogP contribution in [0, 0.1) is 0 Å². The monoisotopic (exact) mass is 318 g/mol. The summed E-state index contributed by atoms with van der Waals surface area (Å²) in [5, 5.41) is 4.34. The van der Waals surface area contributed by atoms with Gasteiger partial charge >= 0.3 is 6.18 Å². The smallest absolute Gasteiger partial charge is 0.327 e. The molecule has 0 saturated carbocycles. The van der Waals surface area contributed by atoms with E-state index in [0.29, 0.717) is 12.1 Å². The molecule has 0 spiro atoms. The fourth-order valence-electron chi connectivity index (χ4n) is 2.38. The maximum atomic E-state index is 12.7. The second-order valence-corrected chi connectivity index (χ2v) is 4.95. The second kappa shape index (κ2) is 5.65. The van der Waals surface area contributed by atoms with E-state index in [9.17, 15) is 13.2 Å². The van der Waals surface area contributed by atoms with Gasteiger partial charge in [-0.25, -0.2) is 4.68 Å². The average molecular weight is 319 g/mol. The molecule has 2 aromatic rings. The molecule has 0 bridgehead atoms. The molecule has 1 aliphatic carbocycles. The maximum absolute atomic E-state index is 12.7. The molecule has 0 radical (unpaired) electrons. The molecular formula is C13H14ClF3N4. The first-order valence-corrected chi connectivity index (χ1v) is 6.30. The predicted molar refractivity (Wildman–Crippen MR) is 73.6 cm³/mol. The van der Waals surface area contributed by atoms with E-state index in [1.165, 1.54) is 10.7 Å². The number of nitrogens with zero attached hydrogens (tertiary/aromatic N) is 3. The topological polar surface area (TPSA) is 56.7 Å². The van der Waals surface area contributed by atoms with Gasteiger partial charge in [0.05, 0.1) is 11.4 Å². The Labute approximate surface area is 125 Å². The van der Waals surface area contributed by atoms with Crippen molar-refractivity contribution in [3.8, 4) is 5.69 Å². The third-order valence-corrected chi connectivity index (χ3v) is 3.41. The van der Waals surface area contributed by atoms with Crippen molar-refractivity contribution in [2.45, 2.75) is 31.5 Å². The molecule has 0 aliphatic heterocycles. The summed E-state index contributed by atoms with van der Waals surface area (Å²) in [4.78, 5) is 3.34. The van der Waals surface area contributed by atoms with Crippen LogP contribution in [-0.4, -0.2) is 20.8 Å². The lowest BCUT2D eigenvalue weighted by atomic mass is 9.94. The van der Waals surface area contributed by atoms with Crippen molar-refractivity contribution in [1.29, 1.82) is 0 Å². The molecule has 1 unspecified atom stereocenters. The molecule has 1 atom stereocenters. The van der Waals surface area contributed by atoms with Gasteiger partial charge in [-0.15, -0.1) is 12.4 Å². The molecule has 3 rings (SSSR count). The summed E-state index contributed by atoms with van der Waals surface area (Å²) in [5.74, 6) is 0. The van der Waals surface area contributed by atoms with Gasteiger partial charge in [0.1, 0.15) is 5.69 Å². The largest absolute Gasteiger partial charge is 0.433 e. The molecule has 2 aromatic heterocycles. The van der Waals surface area contributed by atoms with Gasteiger partial charge in [-0.3, -0.25) is 4.98 Å². The Kier molecular flexibility index (Phi) is 4.25. The van der Waals surface area contributed by atoms with Gasteiger partial charge in [0.25, 0.3) is 0 Å². The summed E-state index contributed by atoms with van der Waals surface area (Å²) >= 11 is 0. The predicted octanol–water partition coefficient (Wildman–Crippen LogP) is 2.52. The summed E-state index contributed by atoms with van der Waals surface area (Å²) in [6, 6.07) is 2.61. The zero-order valence-electron chi connectivity index (χ0n) is 11.0. The molecule has 2 N–H and O–H groups in total. The van der Waals surface area contributed by atoms with Crippen molar-refractivity contribution in [2.24, 2.45) is 5.73 Å². The van der Waals surface area contributed by atoms with Crippen LogP contribution in [0.3, 0.4) is 0 Å². The highest BCUT2D eigenvalue weighted by atomic mass is 35.5. The average Bonchev–Trinajstić information content (AvgIpc) is 2.81. The zero-order chi connectivity index (χ0) is 14.3. The summed E-state index contributed by atoms with van der Waals surface area (Å²) in [7, 11) is 0. The summed E-state index contributed by atoms with van der Waals surface area (Å²) in [6.45, 7) is 0. The molecule has 0 amide bonds. The van der Waals surface area contributed by atoms with Gasteiger partial charge in [-0.05, 0) is 37.0 Å². The summed E-state index contributed by atoms with van der Waals surface area (Å²) in [5.41, 5.74) is 7.25. The number of pyridine rings is 1. The first-order valence-electron chi connectivity index (χ1n) is 6.30. The van der Waals surface area contributed by atoms with Crippen LogP contribution in [-0.2, 0) is 19.0 Å². The SMILES string of the molecule is Cl.NC1CCc2nn(-c3ccnc(C(F)(F)F)c3)cc2C1. The zero-order valence-corrected chi connectivity index (χ0v) is 11.8. The molecule has 0 fully saturated rings. The van der Waals surface area contributed by atoms with E-state index in [1.54, 1.807) is 6.20 Å². The van der Waals surface area contributed by atoms with Gasteiger partial charge in [-0.2, -0.15) is 18.3 Å². The van der Waals surface area contributed by atoms with E-state index >= 15 is 0 Å². The minimum Gasteiger partial charge on any atom is -0.327 e. The molecule has 0 saturated heterocycles. The number of aromatic nitrogens is 3. The Hall–Kier alpha value is -1.60. The number of hydrogen-bond acceptors (Lipinski definition) is 3. The van der Waals surface area contributed by atoms with Crippen molar-refractivity contribution >= 4 is 12.4 Å². The van der Waals surface area contributed by atoms with Crippen molar-refractivity contribution < 1.29 is 13.2 Å². The second-order valence-electron chi connectivity index (χ2n) is 4.95. The Morgan fingerprint density at radius 1 is 1.33 bits per heavy atom. The number of halogens is 4.